The second-order valence-electron chi connectivity index (χ2n) is 30.5. The summed E-state index contributed by atoms with van der Waals surface area (Å²) < 4.78 is 54.0. The number of anilines is 19. The summed E-state index contributed by atoms with van der Waals surface area (Å²) in [6, 6.07) is 54.3. The van der Waals surface area contributed by atoms with Crippen LogP contribution >= 0.6 is 11.6 Å². The lowest BCUT2D eigenvalue weighted by Gasteiger charge is -2.33. The van der Waals surface area contributed by atoms with Gasteiger partial charge in [0.15, 0.2) is 17.5 Å². The van der Waals surface area contributed by atoms with E-state index < -0.39 is 5.82 Å². The van der Waals surface area contributed by atoms with Crippen molar-refractivity contribution in [2.45, 2.75) is 53.9 Å². The molecule has 42 heteroatoms. The maximum atomic E-state index is 14.3. The van der Waals surface area contributed by atoms with Gasteiger partial charge in [0.25, 0.3) is 0 Å². The fourth-order valence-corrected chi connectivity index (χ4v) is 14.2. The minimum atomic E-state index is -0.568. The molecule has 0 unspecified atom stereocenters. The fourth-order valence-electron chi connectivity index (χ4n) is 13.9. The first-order valence-corrected chi connectivity index (χ1v) is 42.7. The van der Waals surface area contributed by atoms with E-state index in [-0.39, 0.29) is 62.3 Å². The Morgan fingerprint density at radius 3 is 1.50 bits per heavy atom. The molecule has 0 atom stereocenters. The van der Waals surface area contributed by atoms with E-state index in [1.165, 1.54) is 38.8 Å². The van der Waals surface area contributed by atoms with Gasteiger partial charge in [-0.3, -0.25) is 4.90 Å². The summed E-state index contributed by atoms with van der Waals surface area (Å²) in [5.41, 5.74) is 32.7. The minimum absolute atomic E-state index is 0. The smallest absolute Gasteiger partial charge is 0.248 e. The highest BCUT2D eigenvalue weighted by Gasteiger charge is 2.24. The van der Waals surface area contributed by atoms with Gasteiger partial charge in [-0.05, 0) is 126 Å². The van der Waals surface area contributed by atoms with E-state index >= 15 is 0 Å². The zero-order chi connectivity index (χ0) is 90.2. The maximum Gasteiger partial charge on any atom is 0.248 e. The number of benzene rings is 6. The van der Waals surface area contributed by atoms with Crippen molar-refractivity contribution in [1.29, 1.82) is 0 Å². The molecule has 15 N–H and O–H groups in total. The molecule has 18 rings (SSSR count). The Morgan fingerprint density at radius 1 is 0.435 bits per heavy atom. The minimum Gasteiger partial charge on any atom is -0.491 e. The summed E-state index contributed by atoms with van der Waals surface area (Å²) in [5, 5.41) is 45.9. The first-order valence-electron chi connectivity index (χ1n) is 42.3. The van der Waals surface area contributed by atoms with Gasteiger partial charge in [-0.25, -0.2) is 34.3 Å². The van der Waals surface area contributed by atoms with Crippen LogP contribution in [0, 0.1) is 5.82 Å². The predicted octanol–water partition coefficient (Wildman–Crippen LogP) is 11.9. The largest absolute Gasteiger partial charge is 0.491 e. The number of aliphatic hydroxyl groups is 1. The quantitative estimate of drug-likeness (QED) is 0.0217. The van der Waals surface area contributed by atoms with E-state index in [0.717, 1.165) is 148 Å². The van der Waals surface area contributed by atoms with Gasteiger partial charge in [-0.1, -0.05) is 67.6 Å². The number of aliphatic hydroxyl groups excluding tert-OH is 1. The van der Waals surface area contributed by atoms with Crippen molar-refractivity contribution in [1.82, 2.24) is 98.8 Å². The molecule has 0 radical (unpaired) electrons. The number of nitrogens with two attached hydrogens (primary N) is 4. The van der Waals surface area contributed by atoms with Crippen LogP contribution in [0.4, 0.5) is 115 Å². The Labute approximate surface area is 761 Å². The molecule has 4 aliphatic heterocycles. The van der Waals surface area contributed by atoms with E-state index in [9.17, 15) is 4.39 Å². The molecule has 14 aromatic rings. The molecule has 0 amide bonds. The van der Waals surface area contributed by atoms with Gasteiger partial charge in [0.2, 0.25) is 47.6 Å². The number of nitrogens with zero attached hydrogens (tertiary/aromatic N) is 23. The predicted molar refractivity (Wildman–Crippen MR) is 506 cm³/mol. The zero-order valence-electron chi connectivity index (χ0n) is 72.4. The molecule has 0 saturated carbocycles. The summed E-state index contributed by atoms with van der Waals surface area (Å²) in [7, 11) is 2.14. The van der Waals surface area contributed by atoms with Crippen LogP contribution in [-0.4, -0.2) is 241 Å². The molecular formula is C89H107ClFN33O7. The molecule has 4 saturated heterocycles. The molecule has 4 fully saturated rings. The fraction of sp³-hybridized carbons (Fsp3) is 0.303. The number of nitrogen functional groups attached to an aromatic ring is 4. The molecule has 40 nitrogen and oxygen atoms in total. The highest BCUT2D eigenvalue weighted by Crippen LogP contribution is 2.37. The van der Waals surface area contributed by atoms with Crippen molar-refractivity contribution in [2.75, 3.05) is 195 Å². The van der Waals surface area contributed by atoms with E-state index in [1.807, 2.05) is 161 Å². The van der Waals surface area contributed by atoms with Crippen molar-refractivity contribution in [3.63, 3.8) is 0 Å². The molecule has 684 valence electrons. The van der Waals surface area contributed by atoms with Crippen LogP contribution in [0.15, 0.2) is 201 Å². The summed E-state index contributed by atoms with van der Waals surface area (Å²) in [5.74, 6) is 6.98. The molecule has 12 heterocycles. The maximum absolute atomic E-state index is 14.3. The van der Waals surface area contributed by atoms with Gasteiger partial charge >= 0.3 is 0 Å². The second kappa shape index (κ2) is 44.7. The van der Waals surface area contributed by atoms with E-state index in [1.54, 1.807) is 35.3 Å². The van der Waals surface area contributed by atoms with Gasteiger partial charge in [0.05, 0.1) is 86.2 Å². The van der Waals surface area contributed by atoms with Gasteiger partial charge in [-0.2, -0.15) is 38.7 Å². The van der Waals surface area contributed by atoms with Crippen molar-refractivity contribution < 1.29 is 37.9 Å². The lowest BCUT2D eigenvalue weighted by atomic mass is 10.1. The first-order chi connectivity index (χ1) is 63.3. The number of para-hydroxylation sites is 2. The summed E-state index contributed by atoms with van der Waals surface area (Å²) in [6.45, 7) is 22.3. The number of halogens is 2. The summed E-state index contributed by atoms with van der Waals surface area (Å²) >= 11 is 6.52. The zero-order valence-corrected chi connectivity index (χ0v) is 73.1. The van der Waals surface area contributed by atoms with Crippen molar-refractivity contribution in [3.8, 4) is 40.4 Å². The average Bonchev–Trinajstić information content (AvgIpc) is 1.79. The first kappa shape index (κ1) is 92.3. The molecule has 8 aromatic heterocycles. The van der Waals surface area contributed by atoms with Crippen LogP contribution in [0.2, 0.25) is 5.02 Å². The van der Waals surface area contributed by atoms with Crippen LogP contribution in [0.5, 0.6) is 17.2 Å². The molecule has 131 heavy (non-hydrogen) atoms. The normalized spacial score (nSPS) is 14.0. The molecule has 0 bridgehead atoms. The van der Waals surface area contributed by atoms with Crippen LogP contribution < -0.4 is 83.7 Å². The van der Waals surface area contributed by atoms with E-state index in [0.29, 0.717) is 95.8 Å². The van der Waals surface area contributed by atoms with Gasteiger partial charge < -0.3 is 108 Å². The number of likely N-dealkylation sites (N-methyl/N-ethyl adjacent to an activating group) is 1. The lowest BCUT2D eigenvalue weighted by Crippen LogP contribution is -2.44. The molecule has 4 aliphatic rings. The number of piperazine rings is 1. The highest BCUT2D eigenvalue weighted by molar-refractivity contribution is 6.33. The number of pyridine rings is 2. The molecule has 0 aliphatic carbocycles. The Kier molecular flexibility index (Phi) is 31.5. The highest BCUT2D eigenvalue weighted by atomic mass is 35.5. The number of nitrogens with one attached hydrogen (secondary N) is 6. The van der Waals surface area contributed by atoms with Gasteiger partial charge in [-0.15, -0.1) is 20.4 Å². The number of rotatable bonds is 28. The third-order valence-electron chi connectivity index (χ3n) is 20.3. The van der Waals surface area contributed by atoms with Crippen LogP contribution in [0.1, 0.15) is 40.7 Å². The lowest BCUT2D eigenvalue weighted by molar-refractivity contribution is 0.0336. The van der Waals surface area contributed by atoms with Crippen molar-refractivity contribution in [3.05, 3.63) is 217 Å². The van der Waals surface area contributed by atoms with Crippen LogP contribution in [0.25, 0.3) is 23.1 Å². The SMILES string of the molecule is C.CC(C)Oc1cc(Nc2nc(N)n(-c3ccccn3)n2)ccc1CN1CCOCC1.CC(C)Oc1cc(Nc2nc(N)n(-c3ccnc(N4CCN(C)CC4)c3)n2)ccc1N1CCOCC1.Nc1nc(Nc2ccc(N3CCOCC3)cc2Cl)nn1-c1cc(Nc2ccccc2)ncn1.Nc1nc(Nc2ccc(OCCO)cc2F)nn1-c1cc(Nc2ccccc2)ncn1. The Hall–Kier alpha value is -14.9. The Morgan fingerprint density at radius 2 is 0.939 bits per heavy atom. The number of aromatic nitrogens is 18. The third-order valence-corrected chi connectivity index (χ3v) is 20.6. The molecular weight excluding hydrogens is 1700 g/mol. The third kappa shape index (κ3) is 25.3. The topological polar surface area (TPSA) is 468 Å². The van der Waals surface area contributed by atoms with Gasteiger partial charge in [0, 0.05) is 155 Å². The van der Waals surface area contributed by atoms with Crippen molar-refractivity contribution in [2.24, 2.45) is 0 Å². The number of morpholine rings is 3. The standard InChI is InChI=1S/C25H35N9O2.C22H22ClN9O.C21H27N7O2.C20H19FN8O2.CH4/c1-18(2)36-22-16-19(4-5-21(22)32-12-14-35-15-13-32)28-25-29-24(26)34(30-25)20-6-7-27-23(17-20)33-10-8-31(3)9-11-33;23-17-12-16(31-8-10-33-11-9-31)6-7-18(17)28-22-29-21(24)32(30-22)20-13-19(25-14-26-20)27-15-4-2-1-3-5-15;1-15(2)30-18-13-17(7-6-16(18)14-27-9-11-29-12-10-27)24-21-25-20(22)28(26-21)19-5-3-4-8-23-19;21-15-10-14(31-9-8-30)6-7-16(15)26-20-27-19(22)29(28-20)18-11-17(23-12-24-18)25-13-4-2-1-3-5-13;/h4-7,16-18H,8-15H2,1-3H3,(H3,26,28,29,30);1-7,12-14H,8-11H2,(H,25,26,27)(H3,24,28,29,30);3-8,13,15H,9-12,14H2,1-2H3,(H3,22,24,25,26);1-7,10-12,30H,8-9H2,(H,23,24,25)(H3,22,26,27,28);1H4. The Balaban J connectivity index is 0.000000141. The average molecular weight is 1810 g/mol. The molecule has 0 spiro atoms. The number of ether oxygens (including phenoxy) is 6. The van der Waals surface area contributed by atoms with Gasteiger partial charge in [0.1, 0.15) is 59.8 Å². The number of hydrogen-bond acceptors (Lipinski definition) is 36. The van der Waals surface area contributed by atoms with E-state index in [4.69, 9.17) is 68.1 Å². The Bertz CT molecular complexity index is 5990. The summed E-state index contributed by atoms with van der Waals surface area (Å²) in [6.07, 6.45) is 6.41. The van der Waals surface area contributed by atoms with E-state index in [2.05, 4.69) is 146 Å². The monoisotopic (exact) mass is 1800 g/mol. The second-order valence-corrected chi connectivity index (χ2v) is 30.9. The number of hydrogen-bond donors (Lipinski definition) is 11. The summed E-state index contributed by atoms with van der Waals surface area (Å²) in [4.78, 5) is 54.4. The van der Waals surface area contributed by atoms with Crippen molar-refractivity contribution >= 4 is 122 Å². The van der Waals surface area contributed by atoms with Crippen LogP contribution in [-0.2, 0) is 20.8 Å². The van der Waals surface area contributed by atoms with Crippen LogP contribution in [0.3, 0.4) is 0 Å². The molecule has 6 aromatic carbocycles.